The lowest BCUT2D eigenvalue weighted by molar-refractivity contribution is 0.221. The van der Waals surface area contributed by atoms with Gasteiger partial charge in [0.15, 0.2) is 0 Å². The molecule has 0 aromatic carbocycles. The third-order valence-corrected chi connectivity index (χ3v) is 0.584. The van der Waals surface area contributed by atoms with Gasteiger partial charge >= 0.3 is 0 Å². The van der Waals surface area contributed by atoms with Crippen molar-refractivity contribution in [1.82, 2.24) is 0 Å². The third kappa shape index (κ3) is 5.70. The predicted molar refractivity (Wildman–Crippen MR) is 30.8 cm³/mol. The van der Waals surface area contributed by atoms with Crippen molar-refractivity contribution < 1.29 is 5.11 Å². The molecule has 0 aliphatic heterocycles. The van der Waals surface area contributed by atoms with Crippen LogP contribution in [0.15, 0.2) is 12.2 Å². The summed E-state index contributed by atoms with van der Waals surface area (Å²) in [7, 11) is 0. The lowest BCUT2D eigenvalue weighted by Gasteiger charge is -1.99. The molecule has 41 valence electrons. The molecule has 1 radical (unpaired) electrons. The van der Waals surface area contributed by atoms with Crippen LogP contribution in [0.3, 0.4) is 0 Å². The van der Waals surface area contributed by atoms with E-state index in [1.165, 1.54) is 0 Å². The van der Waals surface area contributed by atoms with Crippen LogP contribution in [0.1, 0.15) is 13.3 Å². The molecule has 0 fully saturated rings. The smallest absolute Gasteiger partial charge is 0.0578 e. The highest BCUT2D eigenvalue weighted by Crippen LogP contribution is 1.98. The molecule has 1 atom stereocenters. The van der Waals surface area contributed by atoms with Crippen molar-refractivity contribution in [3.8, 4) is 0 Å². The molecule has 0 saturated heterocycles. The van der Waals surface area contributed by atoms with Crippen molar-refractivity contribution in [2.45, 2.75) is 19.4 Å². The molecule has 0 aromatic rings. The fourth-order valence-corrected chi connectivity index (χ4v) is 0.402. The van der Waals surface area contributed by atoms with Gasteiger partial charge in [0.1, 0.15) is 0 Å². The molecule has 7 heavy (non-hydrogen) atoms. The van der Waals surface area contributed by atoms with Crippen LogP contribution in [0.5, 0.6) is 0 Å². The molecule has 1 heteroatoms. The average Bonchev–Trinajstić information content (AvgIpc) is 1.27. The Bertz CT molecular complexity index is 64.6. The summed E-state index contributed by atoms with van der Waals surface area (Å²) < 4.78 is 0. The largest absolute Gasteiger partial charge is 0.393 e. The van der Waals surface area contributed by atoms with Gasteiger partial charge in [-0.15, -0.1) is 6.58 Å². The monoisotopic (exact) mass is 99.1 g/mol. The second kappa shape index (κ2) is 2.80. The molecule has 1 N–H and O–H groups in total. The normalized spacial score (nSPS) is 13.6. The average molecular weight is 99.2 g/mol. The minimum Gasteiger partial charge on any atom is -0.393 e. The van der Waals surface area contributed by atoms with E-state index < -0.39 is 6.10 Å². The molecule has 0 heterocycles. The van der Waals surface area contributed by atoms with Crippen LogP contribution < -0.4 is 0 Å². The molecule has 1 unspecified atom stereocenters. The van der Waals surface area contributed by atoms with Gasteiger partial charge in [0, 0.05) is 0 Å². The highest BCUT2D eigenvalue weighted by atomic mass is 16.3. The van der Waals surface area contributed by atoms with Crippen LogP contribution in [-0.4, -0.2) is 11.2 Å². The zero-order valence-corrected chi connectivity index (χ0v) is 4.65. The zero-order valence-electron chi connectivity index (χ0n) is 4.65. The van der Waals surface area contributed by atoms with Crippen LogP contribution in [0.2, 0.25) is 0 Å². The van der Waals surface area contributed by atoms with E-state index in [1.54, 1.807) is 0 Å². The van der Waals surface area contributed by atoms with E-state index >= 15 is 0 Å². The van der Waals surface area contributed by atoms with Crippen molar-refractivity contribution in [1.29, 1.82) is 0 Å². The van der Waals surface area contributed by atoms with Gasteiger partial charge < -0.3 is 5.11 Å². The highest BCUT2D eigenvalue weighted by molar-refractivity contribution is 4.90. The summed E-state index contributed by atoms with van der Waals surface area (Å²) in [5.41, 5.74) is 0.975. The van der Waals surface area contributed by atoms with Gasteiger partial charge in [-0.05, 0) is 20.3 Å². The highest BCUT2D eigenvalue weighted by Gasteiger charge is 1.92. The van der Waals surface area contributed by atoms with E-state index in [0.29, 0.717) is 6.42 Å². The van der Waals surface area contributed by atoms with Crippen LogP contribution in [0, 0.1) is 6.92 Å². The van der Waals surface area contributed by atoms with Crippen molar-refractivity contribution in [3.05, 3.63) is 19.1 Å². The Balaban J connectivity index is 3.13. The summed E-state index contributed by atoms with van der Waals surface area (Å²) in [6.45, 7) is 8.84. The van der Waals surface area contributed by atoms with E-state index in [1.807, 2.05) is 6.92 Å². The standard InChI is InChI=1S/C6H11O/c1-5(2)4-6(3)7/h6-7H,1,3-4H2,2H3. The number of rotatable bonds is 2. The molecule has 0 aromatic heterocycles. The van der Waals surface area contributed by atoms with Crippen molar-refractivity contribution in [3.63, 3.8) is 0 Å². The summed E-state index contributed by atoms with van der Waals surface area (Å²) >= 11 is 0. The maximum absolute atomic E-state index is 8.55. The van der Waals surface area contributed by atoms with Crippen LogP contribution >= 0.6 is 0 Å². The third-order valence-electron chi connectivity index (χ3n) is 0.584. The Morgan fingerprint density at radius 1 is 1.86 bits per heavy atom. The second-order valence-corrected chi connectivity index (χ2v) is 1.82. The summed E-state index contributed by atoms with van der Waals surface area (Å²) in [6.07, 6.45) is 0.137. The molecule has 0 rings (SSSR count). The van der Waals surface area contributed by atoms with Crippen molar-refractivity contribution >= 4 is 0 Å². The number of aliphatic hydroxyl groups excluding tert-OH is 1. The first-order valence-corrected chi connectivity index (χ1v) is 2.28. The quantitative estimate of drug-likeness (QED) is 0.515. The maximum Gasteiger partial charge on any atom is 0.0578 e. The minimum atomic E-state index is -0.475. The zero-order chi connectivity index (χ0) is 5.86. The number of hydrogen-bond donors (Lipinski definition) is 1. The lowest BCUT2D eigenvalue weighted by atomic mass is 10.2. The Morgan fingerprint density at radius 3 is 2.29 bits per heavy atom. The Morgan fingerprint density at radius 2 is 2.29 bits per heavy atom. The van der Waals surface area contributed by atoms with E-state index in [-0.39, 0.29) is 0 Å². The number of aliphatic hydroxyl groups is 1. The van der Waals surface area contributed by atoms with Gasteiger partial charge in [-0.25, -0.2) is 0 Å². The second-order valence-electron chi connectivity index (χ2n) is 1.82. The van der Waals surface area contributed by atoms with Gasteiger partial charge in [0.2, 0.25) is 0 Å². The molecular weight excluding hydrogens is 88.1 g/mol. The molecule has 0 spiro atoms. The van der Waals surface area contributed by atoms with Crippen LogP contribution in [0.4, 0.5) is 0 Å². The topological polar surface area (TPSA) is 20.2 Å². The van der Waals surface area contributed by atoms with E-state index in [4.69, 9.17) is 5.11 Å². The Hall–Kier alpha value is -0.300. The molecular formula is C6H11O. The van der Waals surface area contributed by atoms with Crippen molar-refractivity contribution in [2.24, 2.45) is 0 Å². The molecule has 0 amide bonds. The van der Waals surface area contributed by atoms with Gasteiger partial charge in [0.05, 0.1) is 6.10 Å². The minimum absolute atomic E-state index is 0.475. The molecule has 1 nitrogen and oxygen atoms in total. The van der Waals surface area contributed by atoms with Gasteiger partial charge in [0.25, 0.3) is 0 Å². The first kappa shape index (κ1) is 6.70. The summed E-state index contributed by atoms with van der Waals surface area (Å²) in [4.78, 5) is 0. The fraction of sp³-hybridized carbons (Fsp3) is 0.500. The summed E-state index contributed by atoms with van der Waals surface area (Å²) in [6, 6.07) is 0. The van der Waals surface area contributed by atoms with Gasteiger partial charge in [-0.2, -0.15) is 0 Å². The molecule has 0 bridgehead atoms. The summed E-state index contributed by atoms with van der Waals surface area (Å²) in [5, 5.41) is 8.55. The Labute approximate surface area is 44.7 Å². The van der Waals surface area contributed by atoms with Crippen molar-refractivity contribution in [2.75, 3.05) is 0 Å². The number of hydrogen-bond acceptors (Lipinski definition) is 1. The molecule has 0 saturated carbocycles. The first-order valence-electron chi connectivity index (χ1n) is 2.28. The van der Waals surface area contributed by atoms with E-state index in [9.17, 15) is 0 Å². The maximum atomic E-state index is 8.55. The van der Waals surface area contributed by atoms with Crippen LogP contribution in [-0.2, 0) is 0 Å². The van der Waals surface area contributed by atoms with Gasteiger partial charge in [-0.1, -0.05) is 5.57 Å². The van der Waals surface area contributed by atoms with Gasteiger partial charge in [-0.3, -0.25) is 0 Å². The predicted octanol–water partition coefficient (Wildman–Crippen LogP) is 1.15. The lowest BCUT2D eigenvalue weighted by Crippen LogP contribution is -1.98. The molecule has 0 aliphatic carbocycles. The van der Waals surface area contributed by atoms with E-state index in [0.717, 1.165) is 5.57 Å². The van der Waals surface area contributed by atoms with Crippen LogP contribution in [0.25, 0.3) is 0 Å². The first-order chi connectivity index (χ1) is 3.13. The van der Waals surface area contributed by atoms with E-state index in [2.05, 4.69) is 13.5 Å². The fourth-order valence-electron chi connectivity index (χ4n) is 0.402. The molecule has 0 aliphatic rings. The SMILES string of the molecule is [CH2]C(O)CC(=C)C. The summed E-state index contributed by atoms with van der Waals surface area (Å²) in [5.74, 6) is 0. The Kier molecular flexibility index (Phi) is 2.68.